The topological polar surface area (TPSA) is 154 Å². The number of amides is 1. The number of nitrogens with one attached hydrogen (secondary N) is 2. The number of benzene rings is 4. The fraction of sp³-hybridized carbons (Fsp3) is 0.0455. The molecule has 8 rings (SSSR count). The molecule has 296 valence electrons. The van der Waals surface area contributed by atoms with E-state index >= 15 is 0 Å². The summed E-state index contributed by atoms with van der Waals surface area (Å²) in [5.41, 5.74) is 10.9. The van der Waals surface area contributed by atoms with Gasteiger partial charge in [-0.05, 0) is 65.7 Å². The molecule has 0 aliphatic carbocycles. The number of rotatable bonds is 9. The van der Waals surface area contributed by atoms with Crippen molar-refractivity contribution in [2.45, 2.75) is 13.2 Å². The van der Waals surface area contributed by atoms with Gasteiger partial charge in [0, 0.05) is 59.8 Å². The quantitative estimate of drug-likeness (QED) is 0.0740. The highest BCUT2D eigenvalue weighted by molar-refractivity contribution is 6.61. The molecule has 4 aromatic carbocycles. The first-order chi connectivity index (χ1) is 28.7. The summed E-state index contributed by atoms with van der Waals surface area (Å²) < 4.78 is 41.1. The van der Waals surface area contributed by atoms with Gasteiger partial charge in [-0.3, -0.25) is 15.3 Å². The average Bonchev–Trinajstić information content (AvgIpc) is 3.96. The normalized spacial score (nSPS) is 10.3. The van der Waals surface area contributed by atoms with Gasteiger partial charge < -0.3 is 15.2 Å². The Morgan fingerprint density at radius 2 is 1.36 bits per heavy atom. The molecule has 0 saturated carbocycles. The maximum absolute atomic E-state index is 14.6. The van der Waals surface area contributed by atoms with Crippen molar-refractivity contribution >= 4 is 34.5 Å². The highest BCUT2D eigenvalue weighted by atomic mass is 35.5. The largest absolute Gasteiger partial charge is 0.449 e. The van der Waals surface area contributed by atoms with Crippen molar-refractivity contribution in [1.82, 2.24) is 24.8 Å². The Kier molecular flexibility index (Phi) is 14.2. The van der Waals surface area contributed by atoms with Crippen LogP contribution < -0.4 is 15.7 Å². The number of aromatic nitrogens is 6. The van der Waals surface area contributed by atoms with Gasteiger partial charge in [0.2, 0.25) is 6.20 Å². The highest BCUT2D eigenvalue weighted by Crippen LogP contribution is 2.20. The van der Waals surface area contributed by atoms with E-state index in [9.17, 15) is 18.4 Å². The molecule has 15 heteroatoms. The van der Waals surface area contributed by atoms with Gasteiger partial charge in [-0.1, -0.05) is 77.5 Å². The van der Waals surface area contributed by atoms with Gasteiger partial charge in [0.05, 0.1) is 11.4 Å². The van der Waals surface area contributed by atoms with Crippen molar-refractivity contribution < 1.29 is 32.5 Å². The lowest BCUT2D eigenvalue weighted by molar-refractivity contribution is -0.656. The standard InChI is InChI=1S/C22H17FN4O2.C14H11FN4.C8H7ClO2/c23-18-14-17(25-22(28)29-15-16-6-2-1-3-7-16)9-10-21(18)27-13-11-20(26-27)19-8-4-5-12-24-19;15-11-9-10(16)4-5-14(11)19-8-6-13(18-19)12-3-1-2-7-17-12;9-8(10)11-6-7-4-2-1-3-5-7/h1-14H,15H2,(H,25,28);1-9H,16H2;1-5H,6H2/p+1. The minimum Gasteiger partial charge on any atom is -0.449 e. The number of hydrogen-bond donors (Lipinski definition) is 3. The summed E-state index contributed by atoms with van der Waals surface area (Å²) >= 11 is 4.97. The van der Waals surface area contributed by atoms with Gasteiger partial charge in [0.1, 0.15) is 30.3 Å². The van der Waals surface area contributed by atoms with E-state index in [0.29, 0.717) is 28.4 Å². The molecule has 0 radical (unpaired) electrons. The number of ether oxygens (including phenoxy) is 2. The van der Waals surface area contributed by atoms with Crippen LogP contribution in [0, 0.1) is 11.6 Å². The van der Waals surface area contributed by atoms with Gasteiger partial charge in [-0.25, -0.2) is 18.7 Å². The first-order valence-corrected chi connectivity index (χ1v) is 18.3. The summed E-state index contributed by atoms with van der Waals surface area (Å²) in [7, 11) is 0. The predicted octanol–water partition coefficient (Wildman–Crippen LogP) is 9.46. The van der Waals surface area contributed by atoms with Crippen LogP contribution in [0.4, 0.5) is 29.7 Å². The van der Waals surface area contributed by atoms with Crippen LogP contribution in [0.3, 0.4) is 0 Å². The van der Waals surface area contributed by atoms with Gasteiger partial charge in [-0.2, -0.15) is 14.6 Å². The number of hydrogen-bond acceptors (Lipinski definition) is 8. The number of halogens is 3. The number of H-pyrrole nitrogens is 1. The second-order valence-electron chi connectivity index (χ2n) is 12.4. The van der Waals surface area contributed by atoms with Crippen molar-refractivity contribution in [3.63, 3.8) is 0 Å². The van der Waals surface area contributed by atoms with E-state index in [1.54, 1.807) is 59.8 Å². The molecule has 8 aromatic rings. The van der Waals surface area contributed by atoms with Crippen molar-refractivity contribution in [3.8, 4) is 34.2 Å². The number of anilines is 2. The van der Waals surface area contributed by atoms with Crippen molar-refractivity contribution in [3.05, 3.63) is 193 Å². The van der Waals surface area contributed by atoms with Crippen LogP contribution in [0.1, 0.15) is 11.1 Å². The van der Waals surface area contributed by atoms with Gasteiger partial charge in [0.15, 0.2) is 11.6 Å². The van der Waals surface area contributed by atoms with Crippen molar-refractivity contribution in [1.29, 1.82) is 0 Å². The lowest BCUT2D eigenvalue weighted by Crippen LogP contribution is -2.33. The SMILES string of the molecule is Nc1ccc(-n2ccc(-c3ccccn3)n2)c(F)c1.O=C(Cl)OCc1ccccc1.O=C(Nc1ccc(-[n+]2ccc(-c3ccccn3)[nH]2)c(F)c1)OCc1ccccc1. The zero-order valence-electron chi connectivity index (χ0n) is 31.2. The molecule has 12 nitrogen and oxygen atoms in total. The summed E-state index contributed by atoms with van der Waals surface area (Å²) in [4.78, 5) is 30.6. The lowest BCUT2D eigenvalue weighted by Gasteiger charge is -2.07. The molecule has 0 aliphatic heterocycles. The number of nitrogen functional groups attached to an aromatic ring is 1. The fourth-order valence-electron chi connectivity index (χ4n) is 5.35. The molecule has 4 N–H and O–H groups in total. The second kappa shape index (κ2) is 20.5. The lowest BCUT2D eigenvalue weighted by atomic mass is 10.2. The molecule has 0 unspecified atom stereocenters. The Bertz CT molecular complexity index is 2580. The second-order valence-corrected chi connectivity index (χ2v) is 12.7. The number of pyridine rings is 2. The zero-order chi connectivity index (χ0) is 41.4. The smallest absolute Gasteiger partial charge is 0.411 e. The maximum Gasteiger partial charge on any atom is 0.411 e. The monoisotopic (exact) mass is 813 g/mol. The van der Waals surface area contributed by atoms with Crippen LogP contribution in [0.5, 0.6) is 0 Å². The number of aromatic amines is 1. The third-order valence-corrected chi connectivity index (χ3v) is 8.28. The van der Waals surface area contributed by atoms with E-state index in [1.807, 2.05) is 103 Å². The molecular formula is C44H36ClF2N8O4+. The maximum atomic E-state index is 14.6. The first-order valence-electron chi connectivity index (χ1n) is 17.9. The molecule has 4 aromatic heterocycles. The molecule has 0 saturated heterocycles. The van der Waals surface area contributed by atoms with E-state index in [1.165, 1.54) is 16.8 Å². The van der Waals surface area contributed by atoms with E-state index in [0.717, 1.165) is 28.2 Å². The molecule has 4 heterocycles. The van der Waals surface area contributed by atoms with Gasteiger partial charge >= 0.3 is 11.5 Å². The Morgan fingerprint density at radius 3 is 1.97 bits per heavy atom. The van der Waals surface area contributed by atoms with Crippen LogP contribution in [0.2, 0.25) is 0 Å². The Hall–Kier alpha value is -7.71. The van der Waals surface area contributed by atoms with Crippen LogP contribution in [0.25, 0.3) is 34.2 Å². The Labute approximate surface area is 342 Å². The van der Waals surface area contributed by atoms with E-state index in [-0.39, 0.29) is 13.2 Å². The molecule has 1 amide bonds. The first kappa shape index (κ1) is 40.9. The van der Waals surface area contributed by atoms with E-state index < -0.39 is 23.2 Å². The minimum absolute atomic E-state index is 0.141. The van der Waals surface area contributed by atoms with Gasteiger partial charge in [-0.15, -0.1) is 0 Å². The van der Waals surface area contributed by atoms with E-state index in [2.05, 4.69) is 30.2 Å². The summed E-state index contributed by atoms with van der Waals surface area (Å²) in [6, 6.07) is 42.4. The third-order valence-electron chi connectivity index (χ3n) is 8.17. The number of nitrogens with two attached hydrogens (primary N) is 1. The molecule has 0 atom stereocenters. The van der Waals surface area contributed by atoms with Crippen molar-refractivity contribution in [2.75, 3.05) is 11.1 Å². The Balaban J connectivity index is 0.000000166. The van der Waals surface area contributed by atoms with Crippen LogP contribution in [-0.4, -0.2) is 36.4 Å². The van der Waals surface area contributed by atoms with Crippen LogP contribution in [0.15, 0.2) is 170 Å². The van der Waals surface area contributed by atoms with Gasteiger partial charge in [0.25, 0.3) is 5.69 Å². The Morgan fingerprint density at radius 1 is 0.712 bits per heavy atom. The minimum atomic E-state index is -0.770. The third kappa shape index (κ3) is 12.1. The molecule has 0 aliphatic rings. The van der Waals surface area contributed by atoms with E-state index in [4.69, 9.17) is 22.1 Å². The molecule has 59 heavy (non-hydrogen) atoms. The van der Waals surface area contributed by atoms with Crippen molar-refractivity contribution in [2.24, 2.45) is 0 Å². The number of nitrogens with zero attached hydrogens (tertiary/aromatic N) is 5. The zero-order valence-corrected chi connectivity index (χ0v) is 31.9. The van der Waals surface area contributed by atoms with Crippen LogP contribution in [-0.2, 0) is 22.7 Å². The number of carbonyl (C=O) groups excluding carboxylic acids is 2. The molecule has 0 spiro atoms. The van der Waals surface area contributed by atoms with Crippen LogP contribution >= 0.6 is 11.6 Å². The molecule has 0 fully saturated rings. The predicted molar refractivity (Wildman–Crippen MR) is 219 cm³/mol. The molecular weight excluding hydrogens is 778 g/mol. The number of carbonyl (C=O) groups is 2. The summed E-state index contributed by atoms with van der Waals surface area (Å²) in [5, 5.41) is 9.93. The summed E-state index contributed by atoms with van der Waals surface area (Å²) in [5.74, 6) is -0.902. The fourth-order valence-corrected chi connectivity index (χ4v) is 5.40. The highest BCUT2D eigenvalue weighted by Gasteiger charge is 2.18. The average molecular weight is 814 g/mol. The summed E-state index contributed by atoms with van der Waals surface area (Å²) in [6.07, 6.45) is 6.14. The summed E-state index contributed by atoms with van der Waals surface area (Å²) in [6.45, 7) is 0.380. The molecule has 0 bridgehead atoms.